The lowest BCUT2D eigenvalue weighted by molar-refractivity contribution is 0.149. The molecule has 0 unspecified atom stereocenters. The van der Waals surface area contributed by atoms with E-state index in [1.165, 1.54) is 28.7 Å². The Balaban J connectivity index is 3.59. The van der Waals surface area contributed by atoms with Gasteiger partial charge < -0.3 is 0 Å². The fourth-order valence-electron chi connectivity index (χ4n) is 0.941. The molecule has 0 aliphatic carbocycles. The van der Waals surface area contributed by atoms with E-state index in [0.717, 1.165) is 6.07 Å². The average molecular weight is 359 g/mol. The first-order chi connectivity index (χ1) is 7.27. The summed E-state index contributed by atoms with van der Waals surface area (Å²) in [5, 5.41) is 12.8. The number of sulfonamides is 1. The van der Waals surface area contributed by atoms with Gasteiger partial charge in [-0.3, -0.25) is 0 Å². The summed E-state index contributed by atoms with van der Waals surface area (Å²) in [7, 11) is -4.11. The molecule has 0 aromatic carbocycles. The predicted octanol–water partition coefficient (Wildman–Crippen LogP) is 1.14. The minimum Gasteiger partial charge on any atom is -0.223 e. The van der Waals surface area contributed by atoms with Gasteiger partial charge in [-0.2, -0.15) is 5.26 Å². The van der Waals surface area contributed by atoms with Gasteiger partial charge in [0.25, 0.3) is 16.4 Å². The van der Waals surface area contributed by atoms with Crippen LogP contribution < -0.4 is 5.14 Å². The summed E-state index contributed by atoms with van der Waals surface area (Å²) in [6.45, 7) is 0. The van der Waals surface area contributed by atoms with Crippen molar-refractivity contribution in [3.8, 4) is 6.07 Å². The van der Waals surface area contributed by atoms with Crippen molar-refractivity contribution in [1.29, 1.82) is 5.26 Å². The van der Waals surface area contributed by atoms with Gasteiger partial charge in [0, 0.05) is 3.57 Å². The maximum Gasteiger partial charge on any atom is 0.267 e. The second-order valence-corrected chi connectivity index (χ2v) is 5.33. The molecule has 5 nitrogen and oxygen atoms in total. The molecule has 0 fully saturated rings. The fraction of sp³-hybridized carbons (Fsp3) is 0.143. The molecule has 0 radical (unpaired) electrons. The molecule has 0 spiro atoms. The number of nitriles is 1. The molecule has 0 aliphatic rings. The first-order valence-corrected chi connectivity index (χ1v) is 6.31. The van der Waals surface area contributed by atoms with Gasteiger partial charge in [-0.25, -0.2) is 27.3 Å². The fourth-order valence-corrected chi connectivity index (χ4v) is 2.44. The van der Waals surface area contributed by atoms with Gasteiger partial charge in [-0.15, -0.1) is 0 Å². The van der Waals surface area contributed by atoms with E-state index >= 15 is 0 Å². The van der Waals surface area contributed by atoms with Gasteiger partial charge >= 0.3 is 0 Å². The van der Waals surface area contributed by atoms with Crippen molar-refractivity contribution in [3.63, 3.8) is 0 Å². The first kappa shape index (κ1) is 13.2. The average Bonchev–Trinajstić information content (AvgIpc) is 2.14. The molecule has 86 valence electrons. The molecule has 0 atom stereocenters. The van der Waals surface area contributed by atoms with Crippen LogP contribution in [0.1, 0.15) is 17.7 Å². The van der Waals surface area contributed by atoms with Gasteiger partial charge in [0.1, 0.15) is 6.07 Å². The summed E-state index contributed by atoms with van der Waals surface area (Å²) < 4.78 is 46.9. The highest BCUT2D eigenvalue weighted by molar-refractivity contribution is 14.1. The molecule has 2 N–H and O–H groups in total. The number of aromatic nitrogens is 1. The van der Waals surface area contributed by atoms with Crippen LogP contribution in [0.2, 0.25) is 0 Å². The number of rotatable bonds is 2. The Morgan fingerprint density at radius 3 is 2.50 bits per heavy atom. The number of hydrogen-bond acceptors (Lipinski definition) is 4. The highest BCUT2D eigenvalue weighted by Gasteiger charge is 2.22. The Bertz CT molecular complexity index is 568. The van der Waals surface area contributed by atoms with Crippen LogP contribution in [0, 0.1) is 14.9 Å². The zero-order chi connectivity index (χ0) is 12.5. The van der Waals surface area contributed by atoms with Crippen LogP contribution in [0.4, 0.5) is 8.78 Å². The third kappa shape index (κ3) is 2.63. The maximum absolute atomic E-state index is 12.5. The summed E-state index contributed by atoms with van der Waals surface area (Å²) in [6, 6.07) is 2.32. The lowest BCUT2D eigenvalue weighted by Gasteiger charge is -2.06. The molecule has 1 rings (SSSR count). The van der Waals surface area contributed by atoms with E-state index in [0.29, 0.717) is 0 Å². The van der Waals surface area contributed by atoms with Crippen LogP contribution in [-0.2, 0) is 10.0 Å². The minimum absolute atomic E-state index is 0.0665. The summed E-state index contributed by atoms with van der Waals surface area (Å²) in [4.78, 5) is 3.29. The molecule has 0 aliphatic heterocycles. The van der Waals surface area contributed by atoms with E-state index in [9.17, 15) is 17.2 Å². The number of nitrogens with zero attached hydrogens (tertiary/aromatic N) is 2. The number of alkyl halides is 2. The molecular formula is C7H4F2IN3O2S. The largest absolute Gasteiger partial charge is 0.267 e. The topological polar surface area (TPSA) is 96.8 Å². The molecule has 16 heavy (non-hydrogen) atoms. The third-order valence-corrected chi connectivity index (χ3v) is 3.28. The number of primary sulfonamides is 1. The number of hydrogen-bond donors (Lipinski definition) is 1. The zero-order valence-electron chi connectivity index (χ0n) is 7.49. The number of halogens is 3. The smallest absolute Gasteiger partial charge is 0.223 e. The van der Waals surface area contributed by atoms with E-state index in [-0.39, 0.29) is 3.57 Å². The van der Waals surface area contributed by atoms with Crippen LogP contribution in [-0.4, -0.2) is 13.4 Å². The van der Waals surface area contributed by atoms with Crippen molar-refractivity contribution in [2.45, 2.75) is 11.5 Å². The highest BCUT2D eigenvalue weighted by atomic mass is 127. The van der Waals surface area contributed by atoms with Crippen LogP contribution >= 0.6 is 22.6 Å². The lowest BCUT2D eigenvalue weighted by Crippen LogP contribution is -2.16. The van der Waals surface area contributed by atoms with Crippen molar-refractivity contribution in [3.05, 3.63) is 20.9 Å². The van der Waals surface area contributed by atoms with Crippen molar-refractivity contribution >= 4 is 32.6 Å². The van der Waals surface area contributed by atoms with E-state index in [1.807, 2.05) is 0 Å². The van der Waals surface area contributed by atoms with Crippen molar-refractivity contribution in [2.24, 2.45) is 5.14 Å². The SMILES string of the molecule is N#Cc1nc(S(N)(=O)=O)cc(I)c1C(F)F. The zero-order valence-corrected chi connectivity index (χ0v) is 10.5. The Hall–Kier alpha value is -0.860. The lowest BCUT2D eigenvalue weighted by atomic mass is 10.2. The minimum atomic E-state index is -4.11. The quantitative estimate of drug-likeness (QED) is 0.801. The molecule has 0 saturated heterocycles. The normalized spacial score (nSPS) is 11.5. The van der Waals surface area contributed by atoms with Gasteiger partial charge in [0.15, 0.2) is 10.7 Å². The Morgan fingerprint density at radius 1 is 1.56 bits per heavy atom. The standard InChI is InChI=1S/C7H4F2IN3O2S/c8-7(9)6-3(10)1-5(16(12,14)15)13-4(6)2-11/h1,7H,(H2,12,14,15). The molecule has 9 heteroatoms. The van der Waals surface area contributed by atoms with Crippen molar-refractivity contribution in [2.75, 3.05) is 0 Å². The maximum atomic E-state index is 12.5. The van der Waals surface area contributed by atoms with E-state index < -0.39 is 32.7 Å². The summed E-state index contributed by atoms with van der Waals surface area (Å²) in [5.41, 5.74) is -1.22. The molecule has 0 amide bonds. The Labute approximate surface area is 103 Å². The van der Waals surface area contributed by atoms with Crippen LogP contribution in [0.3, 0.4) is 0 Å². The Kier molecular flexibility index (Phi) is 3.76. The van der Waals surface area contributed by atoms with Gasteiger partial charge in [0.2, 0.25) is 0 Å². The van der Waals surface area contributed by atoms with Gasteiger partial charge in [-0.1, -0.05) is 0 Å². The van der Waals surface area contributed by atoms with Crippen LogP contribution in [0.15, 0.2) is 11.1 Å². The van der Waals surface area contributed by atoms with E-state index in [2.05, 4.69) is 4.98 Å². The summed E-state index contributed by atoms with van der Waals surface area (Å²) in [6.07, 6.45) is -2.90. The molecule has 0 saturated carbocycles. The number of pyridine rings is 1. The van der Waals surface area contributed by atoms with Crippen molar-refractivity contribution in [1.82, 2.24) is 4.98 Å². The van der Waals surface area contributed by atoms with E-state index in [1.54, 1.807) is 0 Å². The van der Waals surface area contributed by atoms with Gasteiger partial charge in [-0.05, 0) is 28.7 Å². The number of nitrogens with two attached hydrogens (primary N) is 1. The second-order valence-electron chi connectivity index (χ2n) is 2.66. The van der Waals surface area contributed by atoms with Crippen LogP contribution in [0.25, 0.3) is 0 Å². The summed E-state index contributed by atoms with van der Waals surface area (Å²) >= 11 is 1.50. The third-order valence-electron chi connectivity index (χ3n) is 1.60. The summed E-state index contributed by atoms with van der Waals surface area (Å²) in [5.74, 6) is 0. The Morgan fingerprint density at radius 2 is 2.12 bits per heavy atom. The molecular weight excluding hydrogens is 355 g/mol. The highest BCUT2D eigenvalue weighted by Crippen LogP contribution is 2.28. The molecule has 1 aromatic rings. The van der Waals surface area contributed by atoms with E-state index in [4.69, 9.17) is 10.4 Å². The molecule has 1 aromatic heterocycles. The molecule has 1 heterocycles. The van der Waals surface area contributed by atoms with Crippen LogP contribution in [0.5, 0.6) is 0 Å². The monoisotopic (exact) mass is 359 g/mol. The van der Waals surface area contributed by atoms with Gasteiger partial charge in [0.05, 0.1) is 5.56 Å². The predicted molar refractivity (Wildman–Crippen MR) is 58.0 cm³/mol. The first-order valence-electron chi connectivity index (χ1n) is 3.69. The van der Waals surface area contributed by atoms with Crippen molar-refractivity contribution < 1.29 is 17.2 Å². The molecule has 0 bridgehead atoms. The second kappa shape index (κ2) is 4.56.